The highest BCUT2D eigenvalue weighted by Crippen LogP contribution is 2.21. The number of hydrogen-bond donors (Lipinski definition) is 3. The lowest BCUT2D eigenvalue weighted by Gasteiger charge is -2.14. The molecule has 0 fully saturated rings. The number of hydrogen-bond acceptors (Lipinski definition) is 3. The van der Waals surface area contributed by atoms with Gasteiger partial charge in [0.15, 0.2) is 5.96 Å². The quantitative estimate of drug-likeness (QED) is 0.330. The number of furan rings is 1. The average molecular weight is 484 g/mol. The Morgan fingerprint density at radius 3 is 2.71 bits per heavy atom. The van der Waals surface area contributed by atoms with Crippen LogP contribution in [0.1, 0.15) is 24.4 Å². The van der Waals surface area contributed by atoms with E-state index in [0.29, 0.717) is 34.9 Å². The summed E-state index contributed by atoms with van der Waals surface area (Å²) in [4.78, 5) is 4.45. The predicted octanol–water partition coefficient (Wildman–Crippen LogP) is 3.99. The van der Waals surface area contributed by atoms with Crippen LogP contribution in [0, 0.1) is 0 Å². The first-order valence-electron chi connectivity index (χ1n) is 7.27. The normalized spacial score (nSPS) is 12.4. The van der Waals surface area contributed by atoms with E-state index in [1.54, 1.807) is 24.3 Å². The Balaban J connectivity index is 0.00000288. The molecule has 132 valence electrons. The third-order valence-electron chi connectivity index (χ3n) is 3.10. The number of nitrogens with one attached hydrogen (secondary N) is 2. The molecule has 3 N–H and O–H groups in total. The van der Waals surface area contributed by atoms with E-state index in [0.717, 1.165) is 5.56 Å². The van der Waals surface area contributed by atoms with Crippen molar-refractivity contribution in [2.24, 2.45) is 4.99 Å². The molecule has 2 aromatic rings. The van der Waals surface area contributed by atoms with Gasteiger partial charge in [-0.3, -0.25) is 0 Å². The van der Waals surface area contributed by atoms with Crippen LogP contribution in [0.4, 0.5) is 0 Å². The van der Waals surface area contributed by atoms with Crippen molar-refractivity contribution in [2.45, 2.75) is 19.6 Å². The van der Waals surface area contributed by atoms with Gasteiger partial charge in [0, 0.05) is 16.6 Å². The van der Waals surface area contributed by atoms with E-state index in [-0.39, 0.29) is 30.5 Å². The second kappa shape index (κ2) is 10.8. The first-order chi connectivity index (χ1) is 11.1. The lowest BCUT2D eigenvalue weighted by molar-refractivity contribution is 0.153. The Kier molecular flexibility index (Phi) is 9.50. The topological polar surface area (TPSA) is 69.8 Å². The van der Waals surface area contributed by atoms with E-state index < -0.39 is 6.10 Å². The van der Waals surface area contributed by atoms with Crippen LogP contribution < -0.4 is 10.6 Å². The summed E-state index contributed by atoms with van der Waals surface area (Å²) in [5.41, 5.74) is 0.875. The molecule has 24 heavy (non-hydrogen) atoms. The van der Waals surface area contributed by atoms with Crippen LogP contribution in [0.3, 0.4) is 0 Å². The summed E-state index contributed by atoms with van der Waals surface area (Å²) in [5.74, 6) is 1.10. The molecule has 1 unspecified atom stereocenters. The lowest BCUT2D eigenvalue weighted by atomic mass is 10.2. The standard InChI is InChI=1S/C16H19Cl2N3O2.HI/c1-2-19-16(21-10-14(22)15-4-3-7-23-15)20-9-11-5-6-12(17)8-13(11)18;/h3-8,14,22H,2,9-10H2,1H3,(H2,19,20,21);1H. The summed E-state index contributed by atoms with van der Waals surface area (Å²) in [7, 11) is 0. The fraction of sp³-hybridized carbons (Fsp3) is 0.312. The third-order valence-corrected chi connectivity index (χ3v) is 3.69. The van der Waals surface area contributed by atoms with Crippen LogP contribution in [0.15, 0.2) is 46.0 Å². The molecular weight excluding hydrogens is 464 g/mol. The number of aliphatic hydroxyl groups excluding tert-OH is 1. The van der Waals surface area contributed by atoms with Gasteiger partial charge in [-0.1, -0.05) is 29.3 Å². The van der Waals surface area contributed by atoms with Crippen LogP contribution in [0.2, 0.25) is 10.0 Å². The summed E-state index contributed by atoms with van der Waals surface area (Å²) < 4.78 is 5.16. The molecule has 0 spiro atoms. The Bertz CT molecular complexity index is 651. The minimum atomic E-state index is -0.743. The van der Waals surface area contributed by atoms with Crippen LogP contribution >= 0.6 is 47.2 Å². The fourth-order valence-corrected chi connectivity index (χ4v) is 2.40. The Labute approximate surface area is 168 Å². The molecule has 0 aliphatic heterocycles. The summed E-state index contributed by atoms with van der Waals surface area (Å²) in [6, 6.07) is 8.77. The molecule has 0 aliphatic carbocycles. The van der Waals surface area contributed by atoms with E-state index in [1.807, 2.05) is 13.0 Å². The number of guanidine groups is 1. The largest absolute Gasteiger partial charge is 0.467 e. The monoisotopic (exact) mass is 483 g/mol. The van der Waals surface area contributed by atoms with Crippen LogP contribution in [-0.2, 0) is 6.54 Å². The second-order valence-electron chi connectivity index (χ2n) is 4.84. The van der Waals surface area contributed by atoms with Crippen molar-refractivity contribution in [1.82, 2.24) is 10.6 Å². The molecule has 5 nitrogen and oxygen atoms in total. The van der Waals surface area contributed by atoms with E-state index in [2.05, 4.69) is 15.6 Å². The fourth-order valence-electron chi connectivity index (χ4n) is 1.93. The van der Waals surface area contributed by atoms with Crippen molar-refractivity contribution < 1.29 is 9.52 Å². The zero-order chi connectivity index (χ0) is 16.7. The van der Waals surface area contributed by atoms with Gasteiger partial charge in [-0.25, -0.2) is 4.99 Å². The lowest BCUT2D eigenvalue weighted by Crippen LogP contribution is -2.39. The number of nitrogens with zero attached hydrogens (tertiary/aromatic N) is 1. The summed E-state index contributed by atoms with van der Waals surface area (Å²) in [6.45, 7) is 3.36. The number of rotatable bonds is 6. The molecule has 1 aromatic carbocycles. The van der Waals surface area contributed by atoms with Gasteiger partial charge in [0.05, 0.1) is 19.4 Å². The minimum Gasteiger partial charge on any atom is -0.467 e. The SMILES string of the molecule is CCNC(=NCc1ccc(Cl)cc1Cl)NCC(O)c1ccco1.I. The second-order valence-corrected chi connectivity index (χ2v) is 5.69. The van der Waals surface area contributed by atoms with Crippen molar-refractivity contribution in [3.63, 3.8) is 0 Å². The van der Waals surface area contributed by atoms with Crippen LogP contribution in [-0.4, -0.2) is 24.2 Å². The van der Waals surface area contributed by atoms with Gasteiger partial charge in [0.2, 0.25) is 0 Å². The third kappa shape index (κ3) is 6.51. The van der Waals surface area contributed by atoms with Gasteiger partial charge in [0.25, 0.3) is 0 Å². The van der Waals surface area contributed by atoms with Crippen LogP contribution in [0.5, 0.6) is 0 Å². The van der Waals surface area contributed by atoms with Crippen molar-refractivity contribution in [3.8, 4) is 0 Å². The van der Waals surface area contributed by atoms with Crippen LogP contribution in [0.25, 0.3) is 0 Å². The molecule has 8 heteroatoms. The number of aliphatic hydroxyl groups is 1. The smallest absolute Gasteiger partial charge is 0.191 e. The zero-order valence-corrected chi connectivity index (χ0v) is 17.0. The maximum Gasteiger partial charge on any atom is 0.191 e. The molecule has 0 radical (unpaired) electrons. The maximum atomic E-state index is 10.0. The van der Waals surface area contributed by atoms with Crippen molar-refractivity contribution in [1.29, 1.82) is 0 Å². The highest BCUT2D eigenvalue weighted by atomic mass is 127. The van der Waals surface area contributed by atoms with Gasteiger partial charge < -0.3 is 20.2 Å². The Hall–Kier alpha value is -0.960. The molecule has 0 aliphatic rings. The van der Waals surface area contributed by atoms with E-state index in [4.69, 9.17) is 27.6 Å². The average Bonchev–Trinajstić information content (AvgIpc) is 3.05. The molecule has 0 amide bonds. The minimum absolute atomic E-state index is 0. The number of aliphatic imine (C=N–C) groups is 1. The highest BCUT2D eigenvalue weighted by Gasteiger charge is 2.11. The van der Waals surface area contributed by atoms with Gasteiger partial charge in [-0.15, -0.1) is 24.0 Å². The summed E-state index contributed by atoms with van der Waals surface area (Å²) >= 11 is 12.0. The number of benzene rings is 1. The molecular formula is C16H20Cl2IN3O2. The molecule has 1 heterocycles. The van der Waals surface area contributed by atoms with Crippen molar-refractivity contribution in [2.75, 3.05) is 13.1 Å². The van der Waals surface area contributed by atoms with Gasteiger partial charge in [-0.05, 0) is 36.8 Å². The van der Waals surface area contributed by atoms with Gasteiger partial charge in [-0.2, -0.15) is 0 Å². The molecule has 2 rings (SSSR count). The first kappa shape index (κ1) is 21.1. The Morgan fingerprint density at radius 1 is 1.29 bits per heavy atom. The van der Waals surface area contributed by atoms with Crippen molar-refractivity contribution >= 4 is 53.1 Å². The zero-order valence-electron chi connectivity index (χ0n) is 13.1. The van der Waals surface area contributed by atoms with Gasteiger partial charge in [0.1, 0.15) is 11.9 Å². The predicted molar refractivity (Wildman–Crippen MR) is 108 cm³/mol. The first-order valence-corrected chi connectivity index (χ1v) is 8.03. The Morgan fingerprint density at radius 2 is 2.08 bits per heavy atom. The molecule has 0 saturated heterocycles. The van der Waals surface area contributed by atoms with E-state index in [1.165, 1.54) is 6.26 Å². The summed E-state index contributed by atoms with van der Waals surface area (Å²) in [6.07, 6.45) is 0.786. The maximum absolute atomic E-state index is 10.0. The van der Waals surface area contributed by atoms with Gasteiger partial charge >= 0.3 is 0 Å². The molecule has 0 bridgehead atoms. The highest BCUT2D eigenvalue weighted by molar-refractivity contribution is 14.0. The summed E-state index contributed by atoms with van der Waals surface area (Å²) in [5, 5.41) is 17.4. The van der Waals surface area contributed by atoms with E-state index in [9.17, 15) is 5.11 Å². The molecule has 1 atom stereocenters. The molecule has 1 aromatic heterocycles. The van der Waals surface area contributed by atoms with Crippen molar-refractivity contribution in [3.05, 3.63) is 58.0 Å². The molecule has 0 saturated carbocycles. The number of halogens is 3. The van der Waals surface area contributed by atoms with E-state index >= 15 is 0 Å².